The first-order valence-corrected chi connectivity index (χ1v) is 5.81. The molecular weight excluding hydrogens is 269 g/mol. The number of aromatic nitrogens is 2. The number of hydrogen-bond acceptors (Lipinski definition) is 2. The maximum Gasteiger partial charge on any atom is 0.416 e. The first kappa shape index (κ1) is 12.5. The molecule has 0 aliphatic heterocycles. The molecule has 20 heavy (non-hydrogen) atoms. The Hall–Kier alpha value is -2.50. The van der Waals surface area contributed by atoms with E-state index in [0.717, 1.165) is 12.1 Å². The van der Waals surface area contributed by atoms with Crippen molar-refractivity contribution in [3.05, 3.63) is 54.1 Å². The summed E-state index contributed by atoms with van der Waals surface area (Å²) in [6, 6.07) is 11.8. The van der Waals surface area contributed by atoms with Crippen LogP contribution in [0.1, 0.15) is 5.56 Å². The molecule has 102 valence electrons. The highest BCUT2D eigenvalue weighted by Gasteiger charge is 2.31. The van der Waals surface area contributed by atoms with E-state index in [1.54, 1.807) is 30.3 Å². The van der Waals surface area contributed by atoms with Crippen LogP contribution in [0, 0.1) is 0 Å². The second kappa shape index (κ2) is 4.26. The lowest BCUT2D eigenvalue weighted by Gasteiger charge is -2.06. The van der Waals surface area contributed by atoms with Crippen LogP contribution in [-0.4, -0.2) is 14.9 Å². The highest BCUT2D eigenvalue weighted by atomic mass is 19.4. The Labute approximate surface area is 111 Å². The van der Waals surface area contributed by atoms with Crippen molar-refractivity contribution in [2.75, 3.05) is 0 Å². The van der Waals surface area contributed by atoms with Crippen LogP contribution in [0.4, 0.5) is 13.2 Å². The monoisotopic (exact) mass is 278 g/mol. The summed E-state index contributed by atoms with van der Waals surface area (Å²) in [6.45, 7) is 0. The Morgan fingerprint density at radius 2 is 1.70 bits per heavy atom. The number of hydrogen-bond donors (Lipinski definition) is 1. The van der Waals surface area contributed by atoms with Crippen LogP contribution >= 0.6 is 0 Å². The highest BCUT2D eigenvalue weighted by Crippen LogP contribution is 2.32. The van der Waals surface area contributed by atoms with Crippen LogP contribution < -0.4 is 0 Å². The largest absolute Gasteiger partial charge is 0.426 e. The van der Waals surface area contributed by atoms with Crippen molar-refractivity contribution in [2.45, 2.75) is 6.18 Å². The van der Waals surface area contributed by atoms with Gasteiger partial charge in [0.15, 0.2) is 5.82 Å². The fourth-order valence-electron chi connectivity index (χ4n) is 2.01. The van der Waals surface area contributed by atoms with Gasteiger partial charge in [0.2, 0.25) is 0 Å². The zero-order valence-electron chi connectivity index (χ0n) is 10.1. The third-order valence-corrected chi connectivity index (χ3v) is 2.99. The van der Waals surface area contributed by atoms with E-state index in [9.17, 15) is 18.4 Å². The fraction of sp³-hybridized carbons (Fsp3) is 0.0714. The summed E-state index contributed by atoms with van der Waals surface area (Å²) in [5.41, 5.74) is 0.137. The molecule has 0 unspecified atom stereocenters. The van der Waals surface area contributed by atoms with Gasteiger partial charge in [0.05, 0.1) is 11.1 Å². The van der Waals surface area contributed by atoms with E-state index in [2.05, 4.69) is 4.98 Å². The lowest BCUT2D eigenvalue weighted by molar-refractivity contribution is -0.137. The molecule has 0 fully saturated rings. The fourth-order valence-corrected chi connectivity index (χ4v) is 2.01. The van der Waals surface area contributed by atoms with Gasteiger partial charge in [0.1, 0.15) is 5.52 Å². The van der Waals surface area contributed by atoms with Gasteiger partial charge < -0.3 is 5.21 Å². The normalized spacial score (nSPS) is 11.9. The molecule has 0 aliphatic rings. The Morgan fingerprint density at radius 3 is 2.35 bits per heavy atom. The molecule has 2 aromatic carbocycles. The van der Waals surface area contributed by atoms with Gasteiger partial charge in [-0.2, -0.15) is 17.9 Å². The van der Waals surface area contributed by atoms with Gasteiger partial charge in [0, 0.05) is 5.56 Å². The van der Waals surface area contributed by atoms with E-state index < -0.39 is 11.7 Å². The van der Waals surface area contributed by atoms with E-state index in [-0.39, 0.29) is 11.3 Å². The van der Waals surface area contributed by atoms with Gasteiger partial charge in [-0.25, -0.2) is 4.98 Å². The summed E-state index contributed by atoms with van der Waals surface area (Å²) >= 11 is 0. The number of halogens is 3. The van der Waals surface area contributed by atoms with Crippen LogP contribution in [-0.2, 0) is 6.18 Å². The third-order valence-electron chi connectivity index (χ3n) is 2.99. The molecule has 0 radical (unpaired) electrons. The minimum atomic E-state index is -4.45. The van der Waals surface area contributed by atoms with Gasteiger partial charge in [-0.15, -0.1) is 0 Å². The molecule has 1 heterocycles. The van der Waals surface area contributed by atoms with Gasteiger partial charge in [0.25, 0.3) is 0 Å². The quantitative estimate of drug-likeness (QED) is 0.684. The third kappa shape index (κ3) is 1.99. The Balaban J connectivity index is 2.21. The van der Waals surface area contributed by atoms with Gasteiger partial charge in [-0.3, -0.25) is 0 Å². The molecule has 0 saturated heterocycles. The van der Waals surface area contributed by atoms with E-state index in [4.69, 9.17) is 0 Å². The van der Waals surface area contributed by atoms with Crippen molar-refractivity contribution >= 4 is 11.0 Å². The molecular formula is C14H9F3N2O. The maximum absolute atomic E-state index is 12.7. The second-order valence-corrected chi connectivity index (χ2v) is 4.31. The van der Waals surface area contributed by atoms with Crippen molar-refractivity contribution in [2.24, 2.45) is 0 Å². The van der Waals surface area contributed by atoms with Gasteiger partial charge in [-0.1, -0.05) is 30.3 Å². The summed E-state index contributed by atoms with van der Waals surface area (Å²) in [5, 5.41) is 10.0. The van der Waals surface area contributed by atoms with Gasteiger partial charge in [-0.05, 0) is 18.2 Å². The Kier molecular flexibility index (Phi) is 2.67. The number of benzene rings is 2. The number of alkyl halides is 3. The Morgan fingerprint density at radius 1 is 1.00 bits per heavy atom. The molecule has 1 N–H and O–H groups in total. The zero-order valence-corrected chi connectivity index (χ0v) is 10.1. The maximum atomic E-state index is 12.7. The molecule has 0 amide bonds. The van der Waals surface area contributed by atoms with Crippen LogP contribution in [0.3, 0.4) is 0 Å². The molecule has 0 spiro atoms. The Bertz CT molecular complexity index is 763. The van der Waals surface area contributed by atoms with E-state index in [1.807, 2.05) is 0 Å². The molecule has 0 saturated carbocycles. The molecule has 3 aromatic rings. The van der Waals surface area contributed by atoms with E-state index >= 15 is 0 Å². The first-order chi connectivity index (χ1) is 9.47. The summed E-state index contributed by atoms with van der Waals surface area (Å²) in [6.07, 6.45) is -4.45. The predicted molar refractivity (Wildman–Crippen MR) is 67.4 cm³/mol. The molecule has 3 rings (SSSR count). The van der Waals surface area contributed by atoms with Gasteiger partial charge >= 0.3 is 6.18 Å². The number of nitrogens with zero attached hydrogens (tertiary/aromatic N) is 2. The summed E-state index contributed by atoms with van der Waals surface area (Å²) in [5.74, 6) is 0.208. The van der Waals surface area contributed by atoms with Crippen LogP contribution in [0.25, 0.3) is 22.4 Å². The lowest BCUT2D eigenvalue weighted by atomic mass is 10.2. The predicted octanol–water partition coefficient (Wildman–Crippen LogP) is 3.96. The average molecular weight is 278 g/mol. The molecule has 3 nitrogen and oxygen atoms in total. The molecule has 0 bridgehead atoms. The van der Waals surface area contributed by atoms with Crippen molar-refractivity contribution in [1.82, 2.24) is 9.71 Å². The number of fused-ring (bicyclic) bond motifs is 1. The highest BCUT2D eigenvalue weighted by molar-refractivity contribution is 5.80. The summed E-state index contributed by atoms with van der Waals surface area (Å²) in [4.78, 5) is 4.15. The lowest BCUT2D eigenvalue weighted by Crippen LogP contribution is -2.04. The summed E-state index contributed by atoms with van der Waals surface area (Å²) < 4.78 is 38.7. The van der Waals surface area contributed by atoms with Crippen LogP contribution in [0.2, 0.25) is 0 Å². The summed E-state index contributed by atoms with van der Waals surface area (Å²) in [7, 11) is 0. The number of rotatable bonds is 1. The topological polar surface area (TPSA) is 38.0 Å². The van der Waals surface area contributed by atoms with E-state index in [0.29, 0.717) is 15.8 Å². The molecule has 0 aliphatic carbocycles. The first-order valence-electron chi connectivity index (χ1n) is 5.81. The van der Waals surface area contributed by atoms with Crippen molar-refractivity contribution in [3.63, 3.8) is 0 Å². The van der Waals surface area contributed by atoms with Crippen LogP contribution in [0.5, 0.6) is 0 Å². The SMILES string of the molecule is On1c(-c2ccccc2)nc2ccc(C(F)(F)F)cc21. The van der Waals surface area contributed by atoms with E-state index in [1.165, 1.54) is 6.07 Å². The molecule has 6 heteroatoms. The average Bonchev–Trinajstić information content (AvgIpc) is 2.76. The number of imidazole rings is 1. The van der Waals surface area contributed by atoms with Crippen molar-refractivity contribution in [1.29, 1.82) is 0 Å². The molecule has 0 atom stereocenters. The molecule has 1 aromatic heterocycles. The zero-order chi connectivity index (χ0) is 14.3. The smallest absolute Gasteiger partial charge is 0.416 e. The second-order valence-electron chi connectivity index (χ2n) is 4.31. The van der Waals surface area contributed by atoms with Crippen molar-refractivity contribution in [3.8, 4) is 11.4 Å². The standard InChI is InChI=1S/C14H9F3N2O/c15-14(16,17)10-6-7-11-12(8-10)19(20)13(18-11)9-4-2-1-3-5-9/h1-8,20H. The minimum absolute atomic E-state index is 0.0266. The van der Waals surface area contributed by atoms with Crippen molar-refractivity contribution < 1.29 is 18.4 Å². The minimum Gasteiger partial charge on any atom is -0.426 e. The van der Waals surface area contributed by atoms with Crippen LogP contribution in [0.15, 0.2) is 48.5 Å².